The molecule has 0 bridgehead atoms. The highest BCUT2D eigenvalue weighted by Crippen LogP contribution is 2.13. The zero-order valence-electron chi connectivity index (χ0n) is 12.0. The monoisotopic (exact) mass is 288 g/mol. The Morgan fingerprint density at radius 2 is 2.16 bits per heavy atom. The topological polar surface area (TPSA) is 66.5 Å². The molecule has 0 radical (unpaired) electrons. The lowest BCUT2D eigenvalue weighted by atomic mass is 10.1. The van der Waals surface area contributed by atoms with Gasteiger partial charge in [-0.05, 0) is 19.8 Å². The number of rotatable bonds is 6. The smallest absolute Gasteiger partial charge is 0.245 e. The van der Waals surface area contributed by atoms with Crippen LogP contribution >= 0.6 is 0 Å². The number of hydrogen-bond donors (Lipinski definition) is 1. The summed E-state index contributed by atoms with van der Waals surface area (Å²) in [6.07, 6.45) is 4.26. The van der Waals surface area contributed by atoms with Crippen LogP contribution in [0.5, 0.6) is 0 Å². The van der Waals surface area contributed by atoms with Crippen molar-refractivity contribution < 1.29 is 13.8 Å². The third-order valence-electron chi connectivity index (χ3n) is 3.43. The van der Waals surface area contributed by atoms with Crippen molar-refractivity contribution in [2.75, 3.05) is 18.6 Å². The van der Waals surface area contributed by atoms with Crippen LogP contribution in [-0.2, 0) is 20.4 Å². The van der Waals surface area contributed by atoms with Crippen molar-refractivity contribution in [2.45, 2.75) is 51.6 Å². The predicted molar refractivity (Wildman–Crippen MR) is 76.2 cm³/mol. The maximum atomic E-state index is 12.4. The van der Waals surface area contributed by atoms with Crippen LogP contribution in [0, 0.1) is 0 Å². The van der Waals surface area contributed by atoms with Gasteiger partial charge in [0, 0.05) is 41.8 Å². The molecule has 1 rings (SSSR count). The lowest BCUT2D eigenvalue weighted by Gasteiger charge is -2.29. The maximum Gasteiger partial charge on any atom is 0.245 e. The summed E-state index contributed by atoms with van der Waals surface area (Å²) in [7, 11) is -0.846. The number of carbonyl (C=O) groups is 2. The van der Waals surface area contributed by atoms with E-state index >= 15 is 0 Å². The Morgan fingerprint density at radius 1 is 1.47 bits per heavy atom. The molecule has 6 heteroatoms. The highest BCUT2D eigenvalue weighted by molar-refractivity contribution is 7.84. The lowest BCUT2D eigenvalue weighted by Crippen LogP contribution is -2.47. The van der Waals surface area contributed by atoms with E-state index in [-0.39, 0.29) is 17.9 Å². The second-order valence-corrected chi connectivity index (χ2v) is 6.66. The molecule has 1 N–H and O–H groups in total. The van der Waals surface area contributed by atoms with Gasteiger partial charge in [0.25, 0.3) is 0 Å². The molecule has 0 aromatic heterocycles. The Labute approximate surface area is 117 Å². The van der Waals surface area contributed by atoms with Crippen molar-refractivity contribution in [3.05, 3.63) is 0 Å². The van der Waals surface area contributed by atoms with E-state index in [2.05, 4.69) is 5.32 Å². The van der Waals surface area contributed by atoms with Gasteiger partial charge in [0.05, 0.1) is 0 Å². The highest BCUT2D eigenvalue weighted by atomic mass is 32.2. The van der Waals surface area contributed by atoms with Crippen LogP contribution in [0.3, 0.4) is 0 Å². The number of nitrogens with zero attached hydrogens (tertiary/aromatic N) is 1. The first-order valence-corrected chi connectivity index (χ1v) is 8.58. The average Bonchev–Trinajstić information content (AvgIpc) is 2.48. The van der Waals surface area contributed by atoms with Gasteiger partial charge in [-0.3, -0.25) is 13.8 Å². The maximum absolute atomic E-state index is 12.4. The SMILES string of the molecule is CCCC1NC(=O)CCN(C(C)CCS(C)=O)C1=O. The first-order chi connectivity index (χ1) is 8.95. The van der Waals surface area contributed by atoms with E-state index in [4.69, 9.17) is 0 Å². The summed E-state index contributed by atoms with van der Waals surface area (Å²) in [6, 6.07) is -0.363. The summed E-state index contributed by atoms with van der Waals surface area (Å²) < 4.78 is 11.1. The van der Waals surface area contributed by atoms with Crippen LogP contribution in [0.25, 0.3) is 0 Å². The van der Waals surface area contributed by atoms with Crippen molar-refractivity contribution in [1.82, 2.24) is 10.2 Å². The Balaban J connectivity index is 2.71. The molecule has 0 spiro atoms. The van der Waals surface area contributed by atoms with E-state index in [0.29, 0.717) is 31.6 Å². The Morgan fingerprint density at radius 3 is 2.74 bits per heavy atom. The van der Waals surface area contributed by atoms with Crippen LogP contribution in [0.4, 0.5) is 0 Å². The Bertz CT molecular complexity index is 360. The summed E-state index contributed by atoms with van der Waals surface area (Å²) in [5.41, 5.74) is 0. The van der Waals surface area contributed by atoms with Crippen molar-refractivity contribution in [3.63, 3.8) is 0 Å². The van der Waals surface area contributed by atoms with Gasteiger partial charge in [0.15, 0.2) is 0 Å². The molecule has 1 fully saturated rings. The van der Waals surface area contributed by atoms with Crippen LogP contribution in [0.1, 0.15) is 39.5 Å². The van der Waals surface area contributed by atoms with E-state index in [1.54, 1.807) is 11.2 Å². The molecule has 1 heterocycles. The predicted octanol–water partition coefficient (Wildman–Crippen LogP) is 0.661. The molecule has 3 atom stereocenters. The number of nitrogens with one attached hydrogen (secondary N) is 1. The van der Waals surface area contributed by atoms with Gasteiger partial charge in [-0.1, -0.05) is 13.3 Å². The molecule has 5 nitrogen and oxygen atoms in total. The average molecular weight is 288 g/mol. The molecule has 1 aliphatic heterocycles. The fraction of sp³-hybridized carbons (Fsp3) is 0.846. The largest absolute Gasteiger partial charge is 0.344 e. The molecule has 1 aliphatic rings. The quantitative estimate of drug-likeness (QED) is 0.781. The van der Waals surface area contributed by atoms with Gasteiger partial charge in [-0.25, -0.2) is 0 Å². The van der Waals surface area contributed by atoms with Gasteiger partial charge in [-0.2, -0.15) is 0 Å². The summed E-state index contributed by atoms with van der Waals surface area (Å²) in [5.74, 6) is 0.535. The Kier molecular flexibility index (Phi) is 6.48. The van der Waals surface area contributed by atoms with Gasteiger partial charge in [0.1, 0.15) is 6.04 Å². The van der Waals surface area contributed by atoms with E-state index < -0.39 is 16.8 Å². The van der Waals surface area contributed by atoms with E-state index in [1.165, 1.54) is 0 Å². The molecule has 0 aliphatic carbocycles. The summed E-state index contributed by atoms with van der Waals surface area (Å²) in [6.45, 7) is 4.42. The summed E-state index contributed by atoms with van der Waals surface area (Å²) >= 11 is 0. The Hall–Kier alpha value is -0.910. The van der Waals surface area contributed by atoms with E-state index in [1.807, 2.05) is 13.8 Å². The minimum Gasteiger partial charge on any atom is -0.344 e. The molecular formula is C13H24N2O3S. The fourth-order valence-electron chi connectivity index (χ4n) is 2.27. The number of carbonyl (C=O) groups excluding carboxylic acids is 2. The standard InChI is InChI=1S/C13H24N2O3S/c1-4-5-11-13(17)15(8-6-12(16)14-11)10(2)7-9-19(3)18/h10-11H,4-9H2,1-3H3,(H,14,16). The number of amides is 2. The number of hydrogen-bond acceptors (Lipinski definition) is 3. The minimum atomic E-state index is -0.846. The molecule has 19 heavy (non-hydrogen) atoms. The van der Waals surface area contributed by atoms with Crippen LogP contribution in [0.15, 0.2) is 0 Å². The van der Waals surface area contributed by atoms with Crippen molar-refractivity contribution in [2.24, 2.45) is 0 Å². The van der Waals surface area contributed by atoms with Gasteiger partial charge in [-0.15, -0.1) is 0 Å². The second-order valence-electron chi connectivity index (χ2n) is 5.11. The third kappa shape index (κ3) is 4.93. The normalized spacial score (nSPS) is 23.7. The minimum absolute atomic E-state index is 0.00193. The lowest BCUT2D eigenvalue weighted by molar-refractivity contribution is -0.135. The van der Waals surface area contributed by atoms with Crippen LogP contribution in [0.2, 0.25) is 0 Å². The van der Waals surface area contributed by atoms with Gasteiger partial charge >= 0.3 is 0 Å². The molecule has 110 valence electrons. The molecule has 3 unspecified atom stereocenters. The molecule has 0 saturated carbocycles. The second kappa shape index (κ2) is 7.62. The molecule has 0 aromatic carbocycles. The van der Waals surface area contributed by atoms with Gasteiger partial charge in [0.2, 0.25) is 11.8 Å². The molecule has 1 saturated heterocycles. The zero-order valence-corrected chi connectivity index (χ0v) is 12.8. The zero-order chi connectivity index (χ0) is 14.4. The first-order valence-electron chi connectivity index (χ1n) is 6.85. The fourth-order valence-corrected chi connectivity index (χ4v) is 2.95. The highest BCUT2D eigenvalue weighted by Gasteiger charge is 2.31. The summed E-state index contributed by atoms with van der Waals surface area (Å²) in [4.78, 5) is 25.8. The van der Waals surface area contributed by atoms with Crippen molar-refractivity contribution >= 4 is 22.6 Å². The molecular weight excluding hydrogens is 264 g/mol. The first kappa shape index (κ1) is 16.1. The van der Waals surface area contributed by atoms with Gasteiger partial charge < -0.3 is 10.2 Å². The van der Waals surface area contributed by atoms with Crippen LogP contribution in [-0.4, -0.2) is 51.6 Å². The van der Waals surface area contributed by atoms with Crippen LogP contribution < -0.4 is 5.32 Å². The van der Waals surface area contributed by atoms with E-state index in [0.717, 1.165) is 6.42 Å². The van der Waals surface area contributed by atoms with E-state index in [9.17, 15) is 13.8 Å². The molecule has 2 amide bonds. The molecule has 0 aromatic rings. The van der Waals surface area contributed by atoms with Crippen molar-refractivity contribution in [3.8, 4) is 0 Å². The van der Waals surface area contributed by atoms with Crippen molar-refractivity contribution in [1.29, 1.82) is 0 Å². The summed E-state index contributed by atoms with van der Waals surface area (Å²) in [5, 5.41) is 2.79. The third-order valence-corrected chi connectivity index (χ3v) is 4.24.